The maximum atomic E-state index is 12.3. The Hall–Kier alpha value is -3.33. The highest BCUT2D eigenvalue weighted by Crippen LogP contribution is 2.45. The molecule has 0 fully saturated rings. The van der Waals surface area contributed by atoms with Gasteiger partial charge in [-0.1, -0.05) is 42.5 Å². The van der Waals surface area contributed by atoms with E-state index in [1.54, 1.807) is 0 Å². The molecule has 140 valence electrons. The molecule has 0 aromatic heterocycles. The summed E-state index contributed by atoms with van der Waals surface area (Å²) < 4.78 is 11.8. The number of benzene rings is 3. The molecule has 1 atom stereocenters. The minimum atomic E-state index is -0.162. The average molecular weight is 370 g/mol. The van der Waals surface area contributed by atoms with Crippen molar-refractivity contribution in [3.05, 3.63) is 101 Å². The SMILES string of the molecule is CCOc1ccc(C2=C(C=O)[C@@H](c3ccccc3C)c3ccccc3O2)cc1. The Morgan fingerprint density at radius 2 is 1.61 bits per heavy atom. The van der Waals surface area contributed by atoms with E-state index >= 15 is 0 Å². The lowest BCUT2D eigenvalue weighted by molar-refractivity contribution is -0.105. The molecule has 1 heterocycles. The van der Waals surface area contributed by atoms with E-state index in [-0.39, 0.29) is 5.92 Å². The Morgan fingerprint density at radius 3 is 2.29 bits per heavy atom. The van der Waals surface area contributed by atoms with Crippen LogP contribution in [0.2, 0.25) is 0 Å². The van der Waals surface area contributed by atoms with Gasteiger partial charge in [-0.25, -0.2) is 0 Å². The number of rotatable bonds is 5. The Kier molecular flexibility index (Phi) is 4.98. The summed E-state index contributed by atoms with van der Waals surface area (Å²) in [6.45, 7) is 4.64. The zero-order valence-corrected chi connectivity index (χ0v) is 16.0. The van der Waals surface area contributed by atoms with Crippen molar-refractivity contribution >= 4 is 12.0 Å². The maximum absolute atomic E-state index is 12.3. The van der Waals surface area contributed by atoms with Crippen LogP contribution in [0, 0.1) is 6.92 Å². The van der Waals surface area contributed by atoms with Crippen LogP contribution in [0.5, 0.6) is 11.5 Å². The number of allylic oxidation sites excluding steroid dienone is 1. The lowest BCUT2D eigenvalue weighted by atomic mass is 9.80. The summed E-state index contributed by atoms with van der Waals surface area (Å²) in [5.74, 6) is 2.02. The number of para-hydroxylation sites is 1. The smallest absolute Gasteiger partial charge is 0.150 e. The number of ether oxygens (including phenoxy) is 2. The van der Waals surface area contributed by atoms with Gasteiger partial charge in [-0.15, -0.1) is 0 Å². The molecule has 3 heteroatoms. The minimum Gasteiger partial charge on any atom is -0.494 e. The maximum Gasteiger partial charge on any atom is 0.150 e. The molecular weight excluding hydrogens is 348 g/mol. The van der Waals surface area contributed by atoms with Gasteiger partial charge in [0.15, 0.2) is 6.29 Å². The average Bonchev–Trinajstić information content (AvgIpc) is 2.74. The van der Waals surface area contributed by atoms with Gasteiger partial charge in [0.2, 0.25) is 0 Å². The summed E-state index contributed by atoms with van der Waals surface area (Å²) in [5.41, 5.74) is 4.77. The Bertz CT molecular complexity index is 1030. The molecule has 0 aliphatic carbocycles. The van der Waals surface area contributed by atoms with Gasteiger partial charge in [0.05, 0.1) is 6.61 Å². The van der Waals surface area contributed by atoms with Crippen molar-refractivity contribution in [3.8, 4) is 11.5 Å². The van der Waals surface area contributed by atoms with Crippen molar-refractivity contribution in [2.24, 2.45) is 0 Å². The van der Waals surface area contributed by atoms with Gasteiger partial charge in [0.1, 0.15) is 17.3 Å². The van der Waals surface area contributed by atoms with Gasteiger partial charge >= 0.3 is 0 Å². The largest absolute Gasteiger partial charge is 0.494 e. The molecule has 1 aliphatic rings. The first-order chi connectivity index (χ1) is 13.7. The van der Waals surface area contributed by atoms with E-state index in [9.17, 15) is 4.79 Å². The number of hydrogen-bond donors (Lipinski definition) is 0. The quantitative estimate of drug-likeness (QED) is 0.554. The van der Waals surface area contributed by atoms with Gasteiger partial charge in [0, 0.05) is 22.6 Å². The molecule has 28 heavy (non-hydrogen) atoms. The first kappa shape index (κ1) is 18.1. The molecule has 3 nitrogen and oxygen atoms in total. The van der Waals surface area contributed by atoms with Crippen molar-refractivity contribution in [2.75, 3.05) is 6.61 Å². The second-order valence-corrected chi connectivity index (χ2v) is 6.79. The predicted molar refractivity (Wildman–Crippen MR) is 111 cm³/mol. The molecule has 1 aliphatic heterocycles. The van der Waals surface area contributed by atoms with Crippen LogP contribution < -0.4 is 9.47 Å². The number of carbonyl (C=O) groups is 1. The Morgan fingerprint density at radius 1 is 0.929 bits per heavy atom. The van der Waals surface area contributed by atoms with E-state index in [0.717, 1.165) is 40.0 Å². The molecule has 0 spiro atoms. The highest BCUT2D eigenvalue weighted by atomic mass is 16.5. The fourth-order valence-corrected chi connectivity index (χ4v) is 3.74. The fourth-order valence-electron chi connectivity index (χ4n) is 3.74. The second-order valence-electron chi connectivity index (χ2n) is 6.79. The van der Waals surface area contributed by atoms with E-state index in [1.165, 1.54) is 0 Å². The van der Waals surface area contributed by atoms with Crippen molar-refractivity contribution in [1.29, 1.82) is 0 Å². The zero-order chi connectivity index (χ0) is 19.5. The van der Waals surface area contributed by atoms with Gasteiger partial charge in [-0.3, -0.25) is 4.79 Å². The lowest BCUT2D eigenvalue weighted by Crippen LogP contribution is -2.18. The molecule has 0 saturated heterocycles. The van der Waals surface area contributed by atoms with Gasteiger partial charge < -0.3 is 9.47 Å². The number of fused-ring (bicyclic) bond motifs is 1. The Balaban J connectivity index is 1.90. The zero-order valence-electron chi connectivity index (χ0n) is 16.0. The number of aryl methyl sites for hydroxylation is 1. The normalized spacial score (nSPS) is 15.6. The Labute approximate surface area is 165 Å². The van der Waals surface area contributed by atoms with Crippen LogP contribution >= 0.6 is 0 Å². The van der Waals surface area contributed by atoms with Crippen LogP contribution in [0.4, 0.5) is 0 Å². The van der Waals surface area contributed by atoms with Crippen molar-refractivity contribution in [3.63, 3.8) is 0 Å². The van der Waals surface area contributed by atoms with Gasteiger partial charge in [-0.2, -0.15) is 0 Å². The van der Waals surface area contributed by atoms with E-state index in [4.69, 9.17) is 9.47 Å². The third kappa shape index (κ3) is 3.20. The van der Waals surface area contributed by atoms with E-state index < -0.39 is 0 Å². The fraction of sp³-hybridized carbons (Fsp3) is 0.160. The van der Waals surface area contributed by atoms with Crippen LogP contribution in [0.25, 0.3) is 5.76 Å². The summed E-state index contributed by atoms with van der Waals surface area (Å²) in [6, 6.07) is 23.8. The standard InChI is InChI=1S/C25H22O3/c1-3-27-19-14-12-18(13-15-19)25-22(16-26)24(20-9-5-4-8-17(20)2)21-10-6-7-11-23(21)28-25/h4-16,24H,3H2,1-2H3/t24-/m0/s1. The van der Waals surface area contributed by atoms with Crippen LogP contribution in [0.15, 0.2) is 78.4 Å². The summed E-state index contributed by atoms with van der Waals surface area (Å²) in [4.78, 5) is 12.3. The highest BCUT2D eigenvalue weighted by molar-refractivity contribution is 5.91. The third-order valence-electron chi connectivity index (χ3n) is 5.07. The first-order valence-electron chi connectivity index (χ1n) is 9.47. The highest BCUT2D eigenvalue weighted by Gasteiger charge is 2.32. The molecule has 0 N–H and O–H groups in total. The molecule has 0 radical (unpaired) electrons. The monoisotopic (exact) mass is 370 g/mol. The molecule has 0 amide bonds. The van der Waals surface area contributed by atoms with Gasteiger partial charge in [0.25, 0.3) is 0 Å². The molecule has 0 saturated carbocycles. The number of aldehydes is 1. The second kappa shape index (κ2) is 7.73. The molecule has 0 unspecified atom stereocenters. The molecule has 3 aromatic carbocycles. The summed E-state index contributed by atoms with van der Waals surface area (Å²) in [6.07, 6.45) is 0.929. The van der Waals surface area contributed by atoms with Crippen LogP contribution in [-0.4, -0.2) is 12.9 Å². The number of carbonyl (C=O) groups excluding carboxylic acids is 1. The molecule has 3 aromatic rings. The van der Waals surface area contributed by atoms with E-state index in [1.807, 2.05) is 67.6 Å². The molecule has 0 bridgehead atoms. The minimum absolute atomic E-state index is 0.162. The van der Waals surface area contributed by atoms with Crippen LogP contribution in [0.3, 0.4) is 0 Å². The summed E-state index contributed by atoms with van der Waals surface area (Å²) in [5, 5.41) is 0. The first-order valence-corrected chi connectivity index (χ1v) is 9.47. The van der Waals surface area contributed by atoms with Crippen molar-refractivity contribution in [2.45, 2.75) is 19.8 Å². The molecule has 4 rings (SSSR count). The predicted octanol–water partition coefficient (Wildman–Crippen LogP) is 5.53. The summed E-state index contributed by atoms with van der Waals surface area (Å²) >= 11 is 0. The van der Waals surface area contributed by atoms with Crippen molar-refractivity contribution in [1.82, 2.24) is 0 Å². The lowest BCUT2D eigenvalue weighted by Gasteiger charge is -2.30. The van der Waals surface area contributed by atoms with Crippen LogP contribution in [-0.2, 0) is 4.79 Å². The van der Waals surface area contributed by atoms with E-state index in [2.05, 4.69) is 19.1 Å². The summed E-state index contributed by atoms with van der Waals surface area (Å²) in [7, 11) is 0. The van der Waals surface area contributed by atoms with Crippen LogP contribution in [0.1, 0.15) is 35.1 Å². The number of hydrogen-bond acceptors (Lipinski definition) is 3. The van der Waals surface area contributed by atoms with Crippen molar-refractivity contribution < 1.29 is 14.3 Å². The molecular formula is C25H22O3. The van der Waals surface area contributed by atoms with Gasteiger partial charge in [-0.05, 0) is 55.3 Å². The topological polar surface area (TPSA) is 35.5 Å². The third-order valence-corrected chi connectivity index (χ3v) is 5.07. The van der Waals surface area contributed by atoms with E-state index in [0.29, 0.717) is 17.9 Å².